The molecule has 2 aromatic carbocycles. The lowest BCUT2D eigenvalue weighted by atomic mass is 9.97. The number of ether oxygens (including phenoxy) is 1. The van der Waals surface area contributed by atoms with Crippen molar-refractivity contribution in [2.24, 2.45) is 0 Å². The zero-order valence-electron chi connectivity index (χ0n) is 22.5. The fraction of sp³-hybridized carbons (Fsp3) is 0.323. The molecule has 1 amide bonds. The Kier molecular flexibility index (Phi) is 8.85. The lowest BCUT2D eigenvalue weighted by Gasteiger charge is -2.33. The number of amides is 1. The highest BCUT2D eigenvalue weighted by molar-refractivity contribution is 14.1. The van der Waals surface area contributed by atoms with E-state index in [2.05, 4.69) is 65.0 Å². The average Bonchev–Trinajstić information content (AvgIpc) is 2.89. The Balaban J connectivity index is 1.58. The number of pyridine rings is 1. The van der Waals surface area contributed by atoms with Gasteiger partial charge >= 0.3 is 0 Å². The van der Waals surface area contributed by atoms with Gasteiger partial charge in [0.25, 0.3) is 5.91 Å². The van der Waals surface area contributed by atoms with Gasteiger partial charge in [0.15, 0.2) is 0 Å². The first-order chi connectivity index (χ1) is 18.2. The summed E-state index contributed by atoms with van der Waals surface area (Å²) >= 11 is 2.33. The average molecular weight is 621 g/mol. The van der Waals surface area contributed by atoms with Crippen LogP contribution in [0.25, 0.3) is 22.8 Å². The zero-order valence-corrected chi connectivity index (χ0v) is 24.6. The van der Waals surface area contributed by atoms with Crippen molar-refractivity contribution in [2.45, 2.75) is 51.9 Å². The van der Waals surface area contributed by atoms with Gasteiger partial charge in [-0.25, -0.2) is 0 Å². The molecule has 1 aromatic heterocycles. The summed E-state index contributed by atoms with van der Waals surface area (Å²) in [6, 6.07) is 18.3. The molecule has 196 valence electrons. The van der Waals surface area contributed by atoms with Gasteiger partial charge in [-0.2, -0.15) is 5.26 Å². The van der Waals surface area contributed by atoms with Crippen LogP contribution in [0.15, 0.2) is 54.7 Å². The van der Waals surface area contributed by atoms with E-state index in [1.807, 2.05) is 49.4 Å². The lowest BCUT2D eigenvalue weighted by molar-refractivity contribution is -0.0337. The molecule has 0 bridgehead atoms. The van der Waals surface area contributed by atoms with E-state index in [1.54, 1.807) is 25.2 Å². The Morgan fingerprint density at radius 1 is 1.11 bits per heavy atom. The van der Waals surface area contributed by atoms with Gasteiger partial charge in [-0.1, -0.05) is 18.2 Å². The van der Waals surface area contributed by atoms with Crippen molar-refractivity contribution in [3.05, 3.63) is 80.7 Å². The Bertz CT molecular complexity index is 1380. The summed E-state index contributed by atoms with van der Waals surface area (Å²) in [5.41, 5.74) is 7.10. The third-order valence-electron chi connectivity index (χ3n) is 6.77. The minimum atomic E-state index is -0.0167. The maximum atomic E-state index is 12.2. The first kappa shape index (κ1) is 27.8. The second kappa shape index (κ2) is 12.1. The summed E-state index contributed by atoms with van der Waals surface area (Å²) < 4.78 is 6.87. The molecule has 6 nitrogen and oxygen atoms in total. The molecule has 7 heteroatoms. The predicted octanol–water partition coefficient (Wildman–Crippen LogP) is 6.86. The molecular weight excluding hydrogens is 587 g/mol. The molecule has 1 aliphatic heterocycles. The molecule has 1 aliphatic rings. The van der Waals surface area contributed by atoms with E-state index in [9.17, 15) is 10.1 Å². The largest absolute Gasteiger partial charge is 0.381 e. The van der Waals surface area contributed by atoms with E-state index in [0.29, 0.717) is 11.1 Å². The molecule has 3 aromatic rings. The fourth-order valence-corrected chi connectivity index (χ4v) is 5.67. The van der Waals surface area contributed by atoms with Crippen molar-refractivity contribution in [1.82, 2.24) is 9.88 Å². The molecule has 1 fully saturated rings. The molecule has 1 saturated heterocycles. The number of carbonyl (C=O) groups excluding carboxylic acids is 1. The summed E-state index contributed by atoms with van der Waals surface area (Å²) in [5.74, 6) is -0.0167. The maximum absolute atomic E-state index is 12.2. The molecular formula is C31H33IN4O2. The number of nitriles is 1. The van der Waals surface area contributed by atoms with Crippen molar-refractivity contribution in [2.75, 3.05) is 19.4 Å². The van der Waals surface area contributed by atoms with Gasteiger partial charge in [0.05, 0.1) is 29.2 Å². The quantitative estimate of drug-likeness (QED) is 0.305. The minimum Gasteiger partial charge on any atom is -0.381 e. The monoisotopic (exact) mass is 620 g/mol. The molecule has 2 unspecified atom stereocenters. The van der Waals surface area contributed by atoms with E-state index in [4.69, 9.17) is 4.74 Å². The summed E-state index contributed by atoms with van der Waals surface area (Å²) in [6.07, 6.45) is 6.10. The third-order valence-corrected chi connectivity index (χ3v) is 7.90. The van der Waals surface area contributed by atoms with Gasteiger partial charge in [-0.15, -0.1) is 0 Å². The topological polar surface area (TPSA) is 78.2 Å². The van der Waals surface area contributed by atoms with E-state index in [1.165, 1.54) is 0 Å². The van der Waals surface area contributed by atoms with Crippen LogP contribution in [0.4, 0.5) is 5.69 Å². The molecule has 2 heterocycles. The number of carbonyl (C=O) groups is 1. The van der Waals surface area contributed by atoms with Crippen LogP contribution in [0.3, 0.4) is 0 Å². The molecule has 0 radical (unpaired) electrons. The smallest absolute Gasteiger partial charge is 0.253 e. The Hall–Kier alpha value is -3.22. The van der Waals surface area contributed by atoms with Crippen LogP contribution in [-0.2, 0) is 4.74 Å². The summed E-state index contributed by atoms with van der Waals surface area (Å²) in [4.78, 5) is 18.4. The second-order valence-corrected chi connectivity index (χ2v) is 11.2. The van der Waals surface area contributed by atoms with Crippen LogP contribution in [-0.4, -0.2) is 48.1 Å². The zero-order chi connectivity index (χ0) is 27.4. The first-order valence-electron chi connectivity index (χ1n) is 12.8. The van der Waals surface area contributed by atoms with E-state index in [-0.39, 0.29) is 24.2 Å². The number of nitrogens with zero attached hydrogens (tertiary/aromatic N) is 3. The van der Waals surface area contributed by atoms with Crippen LogP contribution in [0, 0.1) is 14.9 Å². The molecule has 1 N–H and O–H groups in total. The fourth-order valence-electron chi connectivity index (χ4n) is 4.88. The number of benzene rings is 2. The van der Waals surface area contributed by atoms with Crippen molar-refractivity contribution >= 4 is 45.8 Å². The van der Waals surface area contributed by atoms with Crippen molar-refractivity contribution in [3.63, 3.8) is 0 Å². The van der Waals surface area contributed by atoms with Gasteiger partial charge < -0.3 is 15.0 Å². The SMILES string of the molecule is C/C(=C\c1nccc(-c2ccc(NC3CC(C)OC(C)C3)c(C#N)c2)c1I)c1ccc(C(=O)N(C)C)cc1. The van der Waals surface area contributed by atoms with Crippen LogP contribution in [0.2, 0.25) is 0 Å². The Labute approximate surface area is 238 Å². The highest BCUT2D eigenvalue weighted by atomic mass is 127. The van der Waals surface area contributed by atoms with Crippen molar-refractivity contribution < 1.29 is 9.53 Å². The Morgan fingerprint density at radius 3 is 2.39 bits per heavy atom. The normalized spacial score (nSPS) is 19.5. The number of hydrogen-bond acceptors (Lipinski definition) is 5. The van der Waals surface area contributed by atoms with Crippen LogP contribution in [0.5, 0.6) is 0 Å². The van der Waals surface area contributed by atoms with Gasteiger partial charge in [0, 0.05) is 35.5 Å². The van der Waals surface area contributed by atoms with Crippen LogP contribution >= 0.6 is 22.6 Å². The van der Waals surface area contributed by atoms with Gasteiger partial charge in [0.1, 0.15) is 6.07 Å². The highest BCUT2D eigenvalue weighted by Gasteiger charge is 2.25. The van der Waals surface area contributed by atoms with E-state index in [0.717, 1.165) is 50.1 Å². The Morgan fingerprint density at radius 2 is 1.76 bits per heavy atom. The van der Waals surface area contributed by atoms with Crippen molar-refractivity contribution in [1.29, 1.82) is 5.26 Å². The third kappa shape index (κ3) is 6.43. The first-order valence-corrected chi connectivity index (χ1v) is 13.9. The predicted molar refractivity (Wildman–Crippen MR) is 162 cm³/mol. The van der Waals surface area contributed by atoms with Gasteiger partial charge in [0.2, 0.25) is 0 Å². The number of allylic oxidation sites excluding steroid dienone is 1. The number of rotatable bonds is 6. The minimum absolute atomic E-state index is 0.0167. The molecule has 0 aliphatic carbocycles. The standard InChI is InChI=1S/C31H33IN4O2/c1-19(22-6-8-23(9-7-22)31(37)36(4)5)14-29-30(32)27(12-13-34-29)24-10-11-28(25(17-24)18-33)35-26-15-20(2)38-21(3)16-26/h6-14,17,20-21,26,35H,15-16H2,1-5H3/b19-14+. The van der Waals surface area contributed by atoms with Crippen LogP contribution in [0.1, 0.15) is 60.8 Å². The van der Waals surface area contributed by atoms with Crippen molar-refractivity contribution in [3.8, 4) is 17.2 Å². The number of anilines is 1. The van der Waals surface area contributed by atoms with Gasteiger partial charge in [-0.3, -0.25) is 9.78 Å². The summed E-state index contributed by atoms with van der Waals surface area (Å²) in [7, 11) is 3.50. The van der Waals surface area contributed by atoms with E-state index < -0.39 is 0 Å². The van der Waals surface area contributed by atoms with Crippen LogP contribution < -0.4 is 5.32 Å². The molecule has 38 heavy (non-hydrogen) atoms. The second-order valence-electron chi connectivity index (χ2n) is 10.1. The van der Waals surface area contributed by atoms with Gasteiger partial charge in [-0.05, 0) is 115 Å². The molecule has 2 atom stereocenters. The molecule has 4 rings (SSSR count). The number of hydrogen-bond donors (Lipinski definition) is 1. The number of nitrogens with one attached hydrogen (secondary N) is 1. The molecule has 0 spiro atoms. The summed E-state index contributed by atoms with van der Waals surface area (Å²) in [5, 5.41) is 13.5. The number of aromatic nitrogens is 1. The highest BCUT2D eigenvalue weighted by Crippen LogP contribution is 2.32. The van der Waals surface area contributed by atoms with E-state index >= 15 is 0 Å². The lowest BCUT2D eigenvalue weighted by Crippen LogP contribution is -2.37. The number of halogens is 1. The summed E-state index contributed by atoms with van der Waals surface area (Å²) in [6.45, 7) is 6.23. The molecule has 0 saturated carbocycles. The maximum Gasteiger partial charge on any atom is 0.253 e.